The fourth-order valence-corrected chi connectivity index (χ4v) is 4.28. The molecular formula is C22H24FN7O. The van der Waals surface area contributed by atoms with Crippen LogP contribution in [-0.2, 0) is 11.8 Å². The third-order valence-corrected chi connectivity index (χ3v) is 6.20. The lowest BCUT2D eigenvalue weighted by Gasteiger charge is -2.34. The highest BCUT2D eigenvalue weighted by Gasteiger charge is 2.22. The molecule has 0 aliphatic carbocycles. The Morgan fingerprint density at radius 1 is 1.13 bits per heavy atom. The van der Waals surface area contributed by atoms with Crippen molar-refractivity contribution in [2.75, 3.05) is 31.1 Å². The molecule has 5 rings (SSSR count). The van der Waals surface area contributed by atoms with Crippen LogP contribution in [0.25, 0.3) is 16.6 Å². The predicted octanol–water partition coefficient (Wildman–Crippen LogP) is 2.58. The monoisotopic (exact) mass is 421 g/mol. The molecule has 1 aromatic carbocycles. The van der Waals surface area contributed by atoms with Gasteiger partial charge >= 0.3 is 0 Å². The fraction of sp³-hybridized carbons (Fsp3) is 0.364. The summed E-state index contributed by atoms with van der Waals surface area (Å²) in [7, 11) is 1.80. The minimum Gasteiger partial charge on any atom is -0.352 e. The van der Waals surface area contributed by atoms with Crippen molar-refractivity contribution in [1.29, 1.82) is 0 Å². The Morgan fingerprint density at radius 3 is 2.65 bits per heavy atom. The van der Waals surface area contributed by atoms with Gasteiger partial charge in [-0.3, -0.25) is 9.48 Å². The lowest BCUT2D eigenvalue weighted by atomic mass is 9.96. The normalized spacial score (nSPS) is 15.7. The topological polar surface area (TPSA) is 71.6 Å². The Labute approximate surface area is 178 Å². The van der Waals surface area contributed by atoms with Crippen molar-refractivity contribution >= 4 is 28.3 Å². The number of hydrogen-bond donors (Lipinski definition) is 0. The zero-order valence-corrected chi connectivity index (χ0v) is 17.8. The van der Waals surface area contributed by atoms with E-state index in [9.17, 15) is 9.18 Å². The molecule has 1 atom stereocenters. The van der Waals surface area contributed by atoms with E-state index in [4.69, 9.17) is 5.10 Å². The van der Waals surface area contributed by atoms with E-state index in [1.807, 2.05) is 30.0 Å². The van der Waals surface area contributed by atoms with Crippen molar-refractivity contribution in [1.82, 2.24) is 29.3 Å². The van der Waals surface area contributed by atoms with Crippen LogP contribution in [0.5, 0.6) is 0 Å². The largest absolute Gasteiger partial charge is 0.352 e. The highest BCUT2D eigenvalue weighted by molar-refractivity contribution is 5.79. The highest BCUT2D eigenvalue weighted by Crippen LogP contribution is 2.30. The number of imidazole rings is 1. The van der Waals surface area contributed by atoms with Crippen molar-refractivity contribution in [3.05, 3.63) is 53.7 Å². The number of rotatable bonds is 3. The van der Waals surface area contributed by atoms with Gasteiger partial charge in [0.05, 0.1) is 23.6 Å². The molecule has 1 amide bonds. The number of aromatic nitrogens is 5. The average Bonchev–Trinajstić information content (AvgIpc) is 3.36. The smallest absolute Gasteiger partial charge is 0.219 e. The SMILES string of the molecule is CC(=O)N1CCN(c2ccc3ncc(C(C)c4cc5cnn(C)c5cc4F)n3n2)CC1. The van der Waals surface area contributed by atoms with Crippen molar-refractivity contribution in [2.45, 2.75) is 19.8 Å². The quantitative estimate of drug-likeness (QED) is 0.509. The summed E-state index contributed by atoms with van der Waals surface area (Å²) in [5, 5.41) is 9.93. The number of fused-ring (bicyclic) bond motifs is 2. The molecule has 160 valence electrons. The first kappa shape index (κ1) is 19.5. The Balaban J connectivity index is 1.49. The maximum Gasteiger partial charge on any atom is 0.219 e. The molecule has 9 heteroatoms. The third kappa shape index (κ3) is 3.30. The molecule has 0 spiro atoms. The van der Waals surface area contributed by atoms with E-state index in [1.165, 1.54) is 6.07 Å². The van der Waals surface area contributed by atoms with Crippen LogP contribution in [0.4, 0.5) is 10.2 Å². The van der Waals surface area contributed by atoms with Crippen molar-refractivity contribution < 1.29 is 9.18 Å². The molecule has 1 saturated heterocycles. The van der Waals surface area contributed by atoms with Gasteiger partial charge in [-0.1, -0.05) is 6.92 Å². The first-order valence-corrected chi connectivity index (χ1v) is 10.4. The van der Waals surface area contributed by atoms with E-state index in [0.717, 1.165) is 41.2 Å². The number of piperazine rings is 1. The predicted molar refractivity (Wildman–Crippen MR) is 116 cm³/mol. The summed E-state index contributed by atoms with van der Waals surface area (Å²) in [6.07, 6.45) is 3.51. The summed E-state index contributed by atoms with van der Waals surface area (Å²) in [5.74, 6) is 0.415. The van der Waals surface area contributed by atoms with Crippen LogP contribution < -0.4 is 4.90 Å². The number of carbonyl (C=O) groups is 1. The number of halogens is 1. The van der Waals surface area contributed by atoms with Crippen LogP contribution >= 0.6 is 0 Å². The van der Waals surface area contributed by atoms with Gasteiger partial charge in [0.2, 0.25) is 5.91 Å². The number of anilines is 1. The second-order valence-corrected chi connectivity index (χ2v) is 8.06. The maximum absolute atomic E-state index is 15.0. The lowest BCUT2D eigenvalue weighted by Crippen LogP contribution is -2.48. The molecule has 4 aromatic rings. The third-order valence-electron chi connectivity index (χ3n) is 6.20. The first-order valence-electron chi connectivity index (χ1n) is 10.4. The summed E-state index contributed by atoms with van der Waals surface area (Å²) in [5.41, 5.74) is 2.89. The summed E-state index contributed by atoms with van der Waals surface area (Å²) < 4.78 is 18.4. The van der Waals surface area contributed by atoms with Crippen LogP contribution in [0.3, 0.4) is 0 Å². The summed E-state index contributed by atoms with van der Waals surface area (Å²) in [4.78, 5) is 20.1. The van der Waals surface area contributed by atoms with Gasteiger partial charge in [-0.15, -0.1) is 5.10 Å². The Bertz CT molecular complexity index is 1290. The van der Waals surface area contributed by atoms with Crippen LogP contribution in [0.15, 0.2) is 36.7 Å². The van der Waals surface area contributed by atoms with E-state index in [-0.39, 0.29) is 17.6 Å². The second kappa shape index (κ2) is 7.33. The number of benzene rings is 1. The number of aryl methyl sites for hydroxylation is 1. The van der Waals surface area contributed by atoms with Gasteiger partial charge in [0, 0.05) is 57.5 Å². The van der Waals surface area contributed by atoms with Gasteiger partial charge in [-0.25, -0.2) is 13.9 Å². The van der Waals surface area contributed by atoms with Crippen molar-refractivity contribution in [3.8, 4) is 0 Å². The molecule has 0 bridgehead atoms. The molecule has 4 heterocycles. The van der Waals surface area contributed by atoms with Gasteiger partial charge < -0.3 is 9.80 Å². The minimum absolute atomic E-state index is 0.0985. The van der Waals surface area contributed by atoms with Gasteiger partial charge in [0.15, 0.2) is 5.65 Å². The van der Waals surface area contributed by atoms with Crippen LogP contribution in [0.1, 0.15) is 31.0 Å². The Hall–Kier alpha value is -3.49. The van der Waals surface area contributed by atoms with Gasteiger partial charge in [-0.05, 0) is 23.8 Å². The Kier molecular flexibility index (Phi) is 4.60. The molecule has 1 aliphatic rings. The molecule has 0 radical (unpaired) electrons. The van der Waals surface area contributed by atoms with Crippen LogP contribution in [0.2, 0.25) is 0 Å². The van der Waals surface area contributed by atoms with E-state index in [1.54, 1.807) is 35.6 Å². The Morgan fingerprint density at radius 2 is 1.90 bits per heavy atom. The molecule has 0 N–H and O–H groups in total. The fourth-order valence-electron chi connectivity index (χ4n) is 4.28. The zero-order chi connectivity index (χ0) is 21.7. The molecule has 3 aromatic heterocycles. The standard InChI is InChI=1S/C22H24FN7O/c1-14(17-10-16-12-25-27(3)19(16)11-18(17)23)20-13-24-21-4-5-22(26-30(20)21)29-8-6-28(7-9-29)15(2)31/h4-5,10-14H,6-9H2,1-3H3. The molecular weight excluding hydrogens is 397 g/mol. The van der Waals surface area contributed by atoms with E-state index < -0.39 is 0 Å². The van der Waals surface area contributed by atoms with Gasteiger partial charge in [0.1, 0.15) is 11.6 Å². The average molecular weight is 421 g/mol. The molecule has 31 heavy (non-hydrogen) atoms. The van der Waals surface area contributed by atoms with Gasteiger partial charge in [0.25, 0.3) is 0 Å². The molecule has 0 saturated carbocycles. The maximum atomic E-state index is 15.0. The van der Waals surface area contributed by atoms with E-state index >= 15 is 0 Å². The molecule has 1 aliphatic heterocycles. The number of nitrogens with zero attached hydrogens (tertiary/aromatic N) is 7. The molecule has 1 fully saturated rings. The van der Waals surface area contributed by atoms with E-state index in [2.05, 4.69) is 15.0 Å². The van der Waals surface area contributed by atoms with Crippen molar-refractivity contribution in [3.63, 3.8) is 0 Å². The minimum atomic E-state index is -0.268. The van der Waals surface area contributed by atoms with Crippen LogP contribution in [-0.4, -0.2) is 61.4 Å². The lowest BCUT2D eigenvalue weighted by molar-refractivity contribution is -0.129. The zero-order valence-electron chi connectivity index (χ0n) is 17.8. The second-order valence-electron chi connectivity index (χ2n) is 8.06. The van der Waals surface area contributed by atoms with E-state index in [0.29, 0.717) is 18.7 Å². The van der Waals surface area contributed by atoms with Gasteiger partial charge in [-0.2, -0.15) is 5.10 Å². The van der Waals surface area contributed by atoms with Crippen LogP contribution in [0, 0.1) is 5.82 Å². The number of hydrogen-bond acceptors (Lipinski definition) is 5. The summed E-state index contributed by atoms with van der Waals surface area (Å²) in [6, 6.07) is 7.26. The number of carbonyl (C=O) groups excluding carboxylic acids is 1. The van der Waals surface area contributed by atoms with Crippen molar-refractivity contribution in [2.24, 2.45) is 7.05 Å². The first-order chi connectivity index (χ1) is 14.9. The molecule has 1 unspecified atom stereocenters. The number of amides is 1. The molecule has 8 nitrogen and oxygen atoms in total. The summed E-state index contributed by atoms with van der Waals surface area (Å²) >= 11 is 0. The summed E-state index contributed by atoms with van der Waals surface area (Å²) in [6.45, 7) is 6.37. The highest BCUT2D eigenvalue weighted by atomic mass is 19.1.